The van der Waals surface area contributed by atoms with Gasteiger partial charge in [0, 0.05) is 36.2 Å². The van der Waals surface area contributed by atoms with Crippen molar-refractivity contribution in [1.29, 1.82) is 0 Å². The molecule has 4 heterocycles. The van der Waals surface area contributed by atoms with E-state index in [1.54, 1.807) is 45.4 Å². The summed E-state index contributed by atoms with van der Waals surface area (Å²) in [5, 5.41) is 6.61. The Hall–Kier alpha value is -4.85. The van der Waals surface area contributed by atoms with E-state index in [0.717, 1.165) is 11.1 Å². The molecule has 358 valence electrons. The Balaban J connectivity index is 1.24. The van der Waals surface area contributed by atoms with Crippen LogP contribution in [0.4, 0.5) is 23.7 Å². The van der Waals surface area contributed by atoms with Crippen molar-refractivity contribution in [3.8, 4) is 11.6 Å². The Morgan fingerprint density at radius 3 is 2.35 bits per heavy atom. The van der Waals surface area contributed by atoms with Crippen LogP contribution in [0, 0.1) is 17.8 Å². The summed E-state index contributed by atoms with van der Waals surface area (Å²) in [5.41, 5.74) is -3.75. The molecule has 0 spiro atoms. The number of nitrogens with one attached hydrogen (secondary N) is 3. The quantitative estimate of drug-likeness (QED) is 0.267. The molecule has 65 heavy (non-hydrogen) atoms. The zero-order valence-corrected chi connectivity index (χ0v) is 38.9. The molecule has 2 saturated heterocycles. The number of morpholine rings is 1. The first kappa shape index (κ1) is 48.1. The van der Waals surface area contributed by atoms with Gasteiger partial charge in [-0.2, -0.15) is 13.2 Å². The topological polar surface area (TPSA) is 195 Å². The molecule has 2 unspecified atom stereocenters. The number of alkyl carbamates (subject to hydrolysis) is 1. The van der Waals surface area contributed by atoms with Crippen LogP contribution in [-0.2, 0) is 33.9 Å². The summed E-state index contributed by atoms with van der Waals surface area (Å²) in [6.45, 7) is 11.5. The summed E-state index contributed by atoms with van der Waals surface area (Å²) in [5.74, 6) is -2.95. The number of carbonyl (C=O) groups is 4. The first-order valence-electron chi connectivity index (χ1n) is 22.3. The van der Waals surface area contributed by atoms with Crippen LogP contribution in [-0.4, -0.2) is 121 Å². The monoisotopic (exact) mass is 934 g/mol. The number of benzene rings is 1. The third-order valence-electron chi connectivity index (χ3n) is 13.6. The molecule has 1 aromatic carbocycles. The molecular weight excluding hydrogens is 874 g/mol. The third kappa shape index (κ3) is 9.98. The van der Waals surface area contributed by atoms with Crippen LogP contribution >= 0.6 is 0 Å². The van der Waals surface area contributed by atoms with Crippen LogP contribution < -0.4 is 29.7 Å². The number of amides is 4. The summed E-state index contributed by atoms with van der Waals surface area (Å²) in [6, 6.07) is 2.63. The van der Waals surface area contributed by atoms with Crippen molar-refractivity contribution in [2.45, 2.75) is 146 Å². The van der Waals surface area contributed by atoms with Gasteiger partial charge >= 0.3 is 12.3 Å². The first-order chi connectivity index (χ1) is 30.4. The number of nitrogens with zero attached hydrogens (tertiary/aromatic N) is 3. The molecule has 9 atom stereocenters. The summed E-state index contributed by atoms with van der Waals surface area (Å²) in [7, 11) is -2.54. The van der Waals surface area contributed by atoms with Gasteiger partial charge in [-0.05, 0) is 103 Å². The highest BCUT2D eigenvalue weighted by Gasteiger charge is 2.63. The fourth-order valence-electron chi connectivity index (χ4n) is 9.23. The largest absolute Gasteiger partial charge is 0.497 e. The van der Waals surface area contributed by atoms with Crippen LogP contribution in [0.25, 0.3) is 10.8 Å². The summed E-state index contributed by atoms with van der Waals surface area (Å²) >= 11 is 0. The van der Waals surface area contributed by atoms with Gasteiger partial charge in [-0.15, -0.1) is 0 Å². The zero-order valence-electron chi connectivity index (χ0n) is 38.1. The van der Waals surface area contributed by atoms with Gasteiger partial charge in [0.2, 0.25) is 33.3 Å². The smallest absolute Gasteiger partial charge is 0.427 e. The van der Waals surface area contributed by atoms with E-state index in [0.29, 0.717) is 70.2 Å². The molecule has 4 amide bonds. The molecule has 4 fully saturated rings. The van der Waals surface area contributed by atoms with E-state index in [9.17, 15) is 40.8 Å². The molecule has 2 aliphatic carbocycles. The van der Waals surface area contributed by atoms with E-state index in [2.05, 4.69) is 20.3 Å². The van der Waals surface area contributed by atoms with Crippen LogP contribution in [0.15, 0.2) is 36.5 Å². The van der Waals surface area contributed by atoms with E-state index < -0.39 is 85.9 Å². The Morgan fingerprint density at radius 1 is 1.02 bits per heavy atom. The molecule has 0 bridgehead atoms. The lowest BCUT2D eigenvalue weighted by atomic mass is 9.88. The number of alkyl halides is 3. The average Bonchev–Trinajstić information content (AvgIpc) is 4.10. The van der Waals surface area contributed by atoms with Gasteiger partial charge in [0.05, 0.1) is 42.5 Å². The Bertz CT molecular complexity index is 2320. The van der Waals surface area contributed by atoms with Crippen molar-refractivity contribution in [2.24, 2.45) is 17.8 Å². The maximum Gasteiger partial charge on any atom is 0.427 e. The Morgan fingerprint density at radius 2 is 1.71 bits per heavy atom. The van der Waals surface area contributed by atoms with Gasteiger partial charge < -0.3 is 39.4 Å². The van der Waals surface area contributed by atoms with E-state index >= 15 is 0 Å². The number of ether oxygens (including phenoxy) is 4. The molecule has 3 aliphatic heterocycles. The highest BCUT2D eigenvalue weighted by Crippen LogP contribution is 2.48. The maximum atomic E-state index is 15.0. The fraction of sp³-hybridized carbons (Fsp3) is 0.667. The molecule has 20 heteroatoms. The minimum atomic E-state index is -4.92. The van der Waals surface area contributed by atoms with Crippen molar-refractivity contribution in [1.82, 2.24) is 25.2 Å². The van der Waals surface area contributed by atoms with Gasteiger partial charge in [0.15, 0.2) is 0 Å². The van der Waals surface area contributed by atoms with Crippen molar-refractivity contribution in [3.63, 3.8) is 0 Å². The number of fused-ring (bicyclic) bond motifs is 3. The fourth-order valence-corrected chi connectivity index (χ4v) is 10.5. The van der Waals surface area contributed by atoms with Crippen LogP contribution in [0.5, 0.6) is 11.6 Å². The van der Waals surface area contributed by atoms with E-state index in [4.69, 9.17) is 23.9 Å². The van der Waals surface area contributed by atoms with Crippen LogP contribution in [0.3, 0.4) is 0 Å². The van der Waals surface area contributed by atoms with Gasteiger partial charge in [-0.25, -0.2) is 18.2 Å². The number of pyridine rings is 1. The van der Waals surface area contributed by atoms with Crippen molar-refractivity contribution < 1.29 is 59.7 Å². The van der Waals surface area contributed by atoms with E-state index in [1.165, 1.54) is 4.90 Å². The molecule has 2 aromatic rings. The first-order valence-corrected chi connectivity index (χ1v) is 23.8. The van der Waals surface area contributed by atoms with Crippen LogP contribution in [0.2, 0.25) is 0 Å². The SMILES string of the molecule is COc1ccc2c(O[C@@H]3C[C@H]4C(=O)N[C@]5(C(=O)NS(=O)(=O)C6(C)CC6)C[C@H]5/C=C\CC[C@@H](C)C[C@@H](C)[C@H](NC(=O)OC(C)(C)C(F)(F)F)C(=O)N4C3)ncc(N3CC(C)OC(C)C3)c2c1. The van der Waals surface area contributed by atoms with Crippen molar-refractivity contribution in [3.05, 3.63) is 36.5 Å². The lowest BCUT2D eigenvalue weighted by Crippen LogP contribution is -2.59. The molecule has 0 radical (unpaired) electrons. The predicted octanol–water partition coefficient (Wildman–Crippen LogP) is 5.53. The maximum absolute atomic E-state index is 15.0. The molecule has 1 aromatic heterocycles. The zero-order chi connectivity index (χ0) is 47.4. The van der Waals surface area contributed by atoms with Gasteiger partial charge in [0.1, 0.15) is 29.5 Å². The Labute approximate surface area is 377 Å². The third-order valence-corrected chi connectivity index (χ3v) is 15.8. The highest BCUT2D eigenvalue weighted by atomic mass is 32.2. The molecule has 3 N–H and O–H groups in total. The number of allylic oxidation sites excluding steroid dienone is 1. The normalized spacial score (nSPS) is 31.3. The number of hydrogen-bond acceptors (Lipinski definition) is 12. The number of aromatic nitrogens is 1. The second kappa shape index (κ2) is 17.8. The predicted molar refractivity (Wildman–Crippen MR) is 234 cm³/mol. The molecular formula is C45H61F3N6O10S. The van der Waals surface area contributed by atoms with E-state index in [-0.39, 0.29) is 43.4 Å². The number of carbonyl (C=O) groups excluding carboxylic acids is 4. The highest BCUT2D eigenvalue weighted by molar-refractivity contribution is 7.91. The number of methoxy groups -OCH3 is 1. The number of anilines is 1. The molecule has 2 saturated carbocycles. The molecule has 16 nitrogen and oxygen atoms in total. The Kier molecular flexibility index (Phi) is 13.1. The lowest BCUT2D eigenvalue weighted by molar-refractivity contribution is -0.244. The van der Waals surface area contributed by atoms with Gasteiger partial charge in [-0.1, -0.05) is 26.0 Å². The van der Waals surface area contributed by atoms with Crippen molar-refractivity contribution >= 4 is 50.3 Å². The number of rotatable bonds is 9. The second-order valence-corrected chi connectivity index (χ2v) is 21.7. The van der Waals surface area contributed by atoms with E-state index in [1.807, 2.05) is 32.9 Å². The number of sulfonamides is 1. The number of hydrogen-bond donors (Lipinski definition) is 3. The van der Waals surface area contributed by atoms with Crippen molar-refractivity contribution in [2.75, 3.05) is 31.6 Å². The minimum Gasteiger partial charge on any atom is -0.497 e. The molecule has 5 aliphatic rings. The lowest BCUT2D eigenvalue weighted by Gasteiger charge is -2.37. The van der Waals surface area contributed by atoms with Gasteiger partial charge in [-0.3, -0.25) is 19.1 Å². The molecule has 7 rings (SSSR count). The second-order valence-electron chi connectivity index (χ2n) is 19.5. The average molecular weight is 935 g/mol. The summed E-state index contributed by atoms with van der Waals surface area (Å²) in [6.07, 6.45) is 0.149. The standard InChI is InChI=1S/C45H61F3N6O10S/c1-25-11-9-10-12-29-20-44(29,40(57)52-65(59,60)43(7)15-16-43)51-37(55)34-19-31(24-54(34)39(56)36(26(2)17-25)50-41(58)64-42(5,6)45(46,47)48)63-38-32-14-13-30(61-8)18-33(32)35(21-49-38)53-22-27(3)62-28(4)23-53/h10,12-14,18,21,25-29,31,34,36H,9,11,15-17,19-20,22-24H2,1-8H3,(H,50,58)(H,51,55)(H,52,57)/b12-10-/t25-,26-,27?,28?,29-,31-,34+,36+,44-/m1/s1. The van der Waals surface area contributed by atoms with Crippen LogP contribution in [0.1, 0.15) is 93.4 Å². The number of halogens is 3. The summed E-state index contributed by atoms with van der Waals surface area (Å²) in [4.78, 5) is 65.1. The summed E-state index contributed by atoms with van der Waals surface area (Å²) < 4.78 is 92.3. The van der Waals surface area contributed by atoms with Gasteiger partial charge in [0.25, 0.3) is 5.91 Å². The minimum absolute atomic E-state index is 0.0498.